The minimum Gasteiger partial charge on any atom is -0.465 e. The normalized spacial score (nSPS) is 11.8. The van der Waals surface area contributed by atoms with Crippen LogP contribution < -0.4 is 4.89 Å². The molecule has 0 saturated carbocycles. The van der Waals surface area contributed by atoms with Crippen LogP contribution in [-0.2, 0) is 19.6 Å². The van der Waals surface area contributed by atoms with Crippen LogP contribution in [0.1, 0.15) is 29.1 Å². The Morgan fingerprint density at radius 3 is 2.63 bits per heavy atom. The Hall–Kier alpha value is -0.960. The van der Waals surface area contributed by atoms with Crippen LogP contribution in [0.15, 0.2) is 10.3 Å². The Labute approximate surface area is 116 Å². The number of methoxy groups -OCH3 is 1. The van der Waals surface area contributed by atoms with Gasteiger partial charge in [-0.15, -0.1) is 11.3 Å². The summed E-state index contributed by atoms with van der Waals surface area (Å²) in [4.78, 5) is 18.4. The number of ether oxygens (including phenoxy) is 1. The number of carbonyl (C=O) groups excluding carboxylic acids is 1. The second kappa shape index (κ2) is 6.47. The summed E-state index contributed by atoms with van der Waals surface area (Å²) in [6, 6.07) is 0. The molecule has 0 saturated heterocycles. The maximum absolute atomic E-state index is 12.1. The molecule has 108 valence electrons. The molecule has 0 aromatic carbocycles. The maximum Gasteiger partial charge on any atom is 0.349 e. The lowest BCUT2D eigenvalue weighted by Gasteiger charge is -2.10. The van der Waals surface area contributed by atoms with Gasteiger partial charge in [0, 0.05) is 0 Å². The summed E-state index contributed by atoms with van der Waals surface area (Å²) < 4.78 is 28.8. The van der Waals surface area contributed by atoms with Gasteiger partial charge in [-0.05, 0) is 23.8 Å². The second-order valence-electron chi connectivity index (χ2n) is 4.36. The number of esters is 1. The van der Waals surface area contributed by atoms with E-state index in [4.69, 9.17) is 4.84 Å². The molecule has 0 unspecified atom stereocenters. The fourth-order valence-electron chi connectivity index (χ4n) is 1.32. The van der Waals surface area contributed by atoms with Crippen LogP contribution in [0.4, 0.5) is 0 Å². The molecule has 0 bridgehead atoms. The molecule has 1 heterocycles. The zero-order chi connectivity index (χ0) is 14.6. The lowest BCUT2D eigenvalue weighted by molar-refractivity contribution is 0.0599. The highest BCUT2D eigenvalue weighted by Crippen LogP contribution is 2.27. The number of carbonyl (C=O) groups is 1. The highest BCUT2D eigenvalue weighted by Gasteiger charge is 2.27. The molecule has 1 aromatic rings. The van der Waals surface area contributed by atoms with Crippen LogP contribution in [0.3, 0.4) is 0 Å². The van der Waals surface area contributed by atoms with Gasteiger partial charge in [0.2, 0.25) is 0 Å². The SMILES string of the molecule is COC(=O)c1scc(C)c1S(=O)(=O)NOCC(C)C. The second-order valence-corrected chi connectivity index (χ2v) is 6.82. The van der Waals surface area contributed by atoms with Crippen LogP contribution in [0.2, 0.25) is 0 Å². The molecule has 0 aliphatic heterocycles. The van der Waals surface area contributed by atoms with Crippen molar-refractivity contribution in [2.45, 2.75) is 25.7 Å². The van der Waals surface area contributed by atoms with Crippen molar-refractivity contribution < 1.29 is 22.8 Å². The molecule has 1 aromatic heterocycles. The average Bonchev–Trinajstić information content (AvgIpc) is 2.70. The molecule has 1 N–H and O–H groups in total. The molecule has 0 aliphatic rings. The Bertz CT molecular complexity index is 547. The summed E-state index contributed by atoms with van der Waals surface area (Å²) in [5.41, 5.74) is 0.478. The quantitative estimate of drug-likeness (QED) is 0.639. The Morgan fingerprint density at radius 2 is 2.11 bits per heavy atom. The van der Waals surface area contributed by atoms with Crippen molar-refractivity contribution in [3.63, 3.8) is 0 Å². The molecule has 6 nitrogen and oxygen atoms in total. The van der Waals surface area contributed by atoms with E-state index < -0.39 is 16.0 Å². The Morgan fingerprint density at radius 1 is 1.47 bits per heavy atom. The number of thiophene rings is 1. The number of hydrogen-bond donors (Lipinski definition) is 1. The fourth-order valence-corrected chi connectivity index (χ4v) is 3.85. The Kier molecular flexibility index (Phi) is 5.48. The van der Waals surface area contributed by atoms with E-state index in [0.29, 0.717) is 5.56 Å². The minimum absolute atomic E-state index is 0.0423. The van der Waals surface area contributed by atoms with E-state index in [1.54, 1.807) is 12.3 Å². The first-order chi connectivity index (χ1) is 8.79. The third kappa shape index (κ3) is 4.00. The lowest BCUT2D eigenvalue weighted by atomic mass is 10.2. The molecule has 0 atom stereocenters. The smallest absolute Gasteiger partial charge is 0.349 e. The summed E-state index contributed by atoms with van der Waals surface area (Å²) in [7, 11) is -2.69. The largest absolute Gasteiger partial charge is 0.465 e. The molecule has 8 heteroatoms. The van der Waals surface area contributed by atoms with Crippen molar-refractivity contribution in [3.8, 4) is 0 Å². The third-order valence-electron chi connectivity index (χ3n) is 2.14. The maximum atomic E-state index is 12.1. The van der Waals surface area contributed by atoms with E-state index in [9.17, 15) is 13.2 Å². The summed E-state index contributed by atoms with van der Waals surface area (Å²) in [5, 5.41) is 1.59. The van der Waals surface area contributed by atoms with Crippen LogP contribution in [-0.4, -0.2) is 28.1 Å². The molecule has 1 rings (SSSR count). The standard InChI is InChI=1S/C11H17NO5S2/c1-7(2)5-17-12-19(14,15)10-8(3)6-18-9(10)11(13)16-4/h6-7,12H,5H2,1-4H3. The van der Waals surface area contributed by atoms with Gasteiger partial charge in [-0.3, -0.25) is 4.84 Å². The molecule has 0 spiro atoms. The number of hydrogen-bond acceptors (Lipinski definition) is 6. The summed E-state index contributed by atoms with van der Waals surface area (Å²) >= 11 is 1.03. The molecule has 0 amide bonds. The van der Waals surface area contributed by atoms with Crippen LogP contribution in [0, 0.1) is 12.8 Å². The zero-order valence-electron chi connectivity index (χ0n) is 11.2. The summed E-state index contributed by atoms with van der Waals surface area (Å²) in [5.74, 6) is -0.492. The van der Waals surface area contributed by atoms with Gasteiger partial charge in [-0.2, -0.15) is 0 Å². The van der Waals surface area contributed by atoms with Crippen LogP contribution >= 0.6 is 11.3 Å². The van der Waals surface area contributed by atoms with Crippen molar-refractivity contribution >= 4 is 27.3 Å². The van der Waals surface area contributed by atoms with E-state index in [2.05, 4.69) is 4.74 Å². The van der Waals surface area contributed by atoms with Crippen molar-refractivity contribution in [3.05, 3.63) is 15.8 Å². The van der Waals surface area contributed by atoms with Gasteiger partial charge in [0.15, 0.2) is 0 Å². The number of nitrogens with one attached hydrogen (secondary N) is 1. The Balaban J connectivity index is 3.01. The number of rotatable bonds is 6. The monoisotopic (exact) mass is 307 g/mol. The summed E-state index contributed by atoms with van der Waals surface area (Å²) in [6.45, 7) is 5.64. The van der Waals surface area contributed by atoms with Crippen molar-refractivity contribution in [2.24, 2.45) is 5.92 Å². The molecule has 0 radical (unpaired) electrons. The van der Waals surface area contributed by atoms with E-state index >= 15 is 0 Å². The first-order valence-corrected chi connectivity index (χ1v) is 7.96. The number of aryl methyl sites for hydroxylation is 1. The molecule has 0 aliphatic carbocycles. The zero-order valence-corrected chi connectivity index (χ0v) is 12.9. The lowest BCUT2D eigenvalue weighted by Crippen LogP contribution is -2.27. The average molecular weight is 307 g/mol. The first-order valence-electron chi connectivity index (χ1n) is 5.59. The van der Waals surface area contributed by atoms with Gasteiger partial charge in [-0.1, -0.05) is 18.7 Å². The van der Waals surface area contributed by atoms with E-state index in [0.717, 1.165) is 11.3 Å². The van der Waals surface area contributed by atoms with Gasteiger partial charge in [0.25, 0.3) is 10.0 Å². The van der Waals surface area contributed by atoms with Crippen LogP contribution in [0.25, 0.3) is 0 Å². The highest BCUT2D eigenvalue weighted by atomic mass is 32.2. The van der Waals surface area contributed by atoms with Gasteiger partial charge >= 0.3 is 5.97 Å². The van der Waals surface area contributed by atoms with E-state index in [1.807, 2.05) is 18.7 Å². The molecule has 0 fully saturated rings. The van der Waals surface area contributed by atoms with Crippen molar-refractivity contribution in [1.82, 2.24) is 4.89 Å². The van der Waals surface area contributed by atoms with Gasteiger partial charge < -0.3 is 4.74 Å². The van der Waals surface area contributed by atoms with Gasteiger partial charge in [0.1, 0.15) is 9.77 Å². The predicted molar refractivity (Wildman–Crippen MR) is 71.5 cm³/mol. The summed E-state index contributed by atoms with van der Waals surface area (Å²) in [6.07, 6.45) is 0. The predicted octanol–water partition coefficient (Wildman–Crippen LogP) is 1.71. The molecule has 19 heavy (non-hydrogen) atoms. The van der Waals surface area contributed by atoms with Gasteiger partial charge in [-0.25, -0.2) is 13.2 Å². The van der Waals surface area contributed by atoms with E-state index in [-0.39, 0.29) is 22.3 Å². The minimum atomic E-state index is -3.89. The molecular formula is C11H17NO5S2. The van der Waals surface area contributed by atoms with Crippen LogP contribution in [0.5, 0.6) is 0 Å². The third-order valence-corrected chi connectivity index (χ3v) is 4.75. The van der Waals surface area contributed by atoms with Gasteiger partial charge in [0.05, 0.1) is 13.7 Å². The van der Waals surface area contributed by atoms with Crippen molar-refractivity contribution in [1.29, 1.82) is 0 Å². The fraction of sp³-hybridized carbons (Fsp3) is 0.545. The van der Waals surface area contributed by atoms with E-state index in [1.165, 1.54) is 7.11 Å². The number of sulfonamides is 1. The molecular weight excluding hydrogens is 290 g/mol. The highest BCUT2D eigenvalue weighted by molar-refractivity contribution is 7.89. The topological polar surface area (TPSA) is 81.7 Å². The van der Waals surface area contributed by atoms with Crippen molar-refractivity contribution in [2.75, 3.05) is 13.7 Å². The first kappa shape index (κ1) is 16.1.